The highest BCUT2D eigenvalue weighted by Gasteiger charge is 2.36. The summed E-state index contributed by atoms with van der Waals surface area (Å²) < 4.78 is 7.57. The van der Waals surface area contributed by atoms with Crippen molar-refractivity contribution in [2.75, 3.05) is 25.0 Å². The number of aryl methyl sites for hydroxylation is 2. The first-order valence-corrected chi connectivity index (χ1v) is 7.88. The zero-order chi connectivity index (χ0) is 15.3. The van der Waals surface area contributed by atoms with Gasteiger partial charge in [0.25, 0.3) is 0 Å². The molecule has 0 aliphatic carbocycles. The number of hydrogen-bond donors (Lipinski definition) is 1. The Bertz CT molecular complexity index is 699. The van der Waals surface area contributed by atoms with Crippen molar-refractivity contribution < 1.29 is 4.74 Å². The van der Waals surface area contributed by atoms with Crippen molar-refractivity contribution in [3.63, 3.8) is 0 Å². The molecule has 3 atom stereocenters. The molecule has 4 heterocycles. The van der Waals surface area contributed by atoms with Crippen molar-refractivity contribution in [1.82, 2.24) is 24.6 Å². The molecule has 0 aromatic carbocycles. The van der Waals surface area contributed by atoms with Gasteiger partial charge in [0.05, 0.1) is 24.3 Å². The van der Waals surface area contributed by atoms with Crippen molar-refractivity contribution in [1.29, 1.82) is 0 Å². The van der Waals surface area contributed by atoms with Crippen molar-refractivity contribution in [2.24, 2.45) is 7.05 Å². The normalized spacial score (nSPS) is 29.0. The molecular formula is C15H22N6O. The molecule has 0 spiro atoms. The fraction of sp³-hybridized carbons (Fsp3) is 0.667. The highest BCUT2D eigenvalue weighted by Crippen LogP contribution is 2.27. The second kappa shape index (κ2) is 5.17. The van der Waals surface area contributed by atoms with Crippen LogP contribution in [0.25, 0.3) is 11.0 Å². The Labute approximate surface area is 129 Å². The minimum atomic E-state index is 0.335. The van der Waals surface area contributed by atoms with Crippen LogP contribution >= 0.6 is 0 Å². The number of ether oxygens (including phenoxy) is 1. The number of nitrogens with one attached hydrogen (secondary N) is 1. The third-order valence-electron chi connectivity index (χ3n) is 4.64. The molecule has 2 aliphatic rings. The minimum Gasteiger partial charge on any atom is -0.376 e. The largest absolute Gasteiger partial charge is 0.376 e. The Hall–Kier alpha value is -1.73. The summed E-state index contributed by atoms with van der Waals surface area (Å²) in [6, 6.07) is 0.928. The van der Waals surface area contributed by atoms with Gasteiger partial charge in [-0.3, -0.25) is 9.58 Å². The van der Waals surface area contributed by atoms with E-state index in [0.29, 0.717) is 18.2 Å². The molecule has 118 valence electrons. The lowest BCUT2D eigenvalue weighted by molar-refractivity contribution is -0.0390. The highest BCUT2D eigenvalue weighted by molar-refractivity contribution is 5.86. The Balaban J connectivity index is 1.57. The molecule has 2 aromatic heterocycles. The van der Waals surface area contributed by atoms with Crippen LogP contribution in [0.3, 0.4) is 0 Å². The fourth-order valence-electron chi connectivity index (χ4n) is 3.58. The van der Waals surface area contributed by atoms with Crippen LogP contribution in [0.1, 0.15) is 19.2 Å². The van der Waals surface area contributed by atoms with Crippen LogP contribution in [0.2, 0.25) is 0 Å². The van der Waals surface area contributed by atoms with Gasteiger partial charge in [-0.2, -0.15) is 5.10 Å². The summed E-state index contributed by atoms with van der Waals surface area (Å²) in [6.45, 7) is 6.97. The van der Waals surface area contributed by atoms with E-state index in [4.69, 9.17) is 4.74 Å². The Morgan fingerprint density at radius 3 is 3.05 bits per heavy atom. The summed E-state index contributed by atoms with van der Waals surface area (Å²) in [5.41, 5.74) is 0.877. The van der Waals surface area contributed by atoms with E-state index in [1.54, 1.807) is 4.68 Å². The van der Waals surface area contributed by atoms with Gasteiger partial charge in [-0.15, -0.1) is 0 Å². The number of nitrogens with zero attached hydrogens (tertiary/aromatic N) is 5. The van der Waals surface area contributed by atoms with E-state index in [2.05, 4.69) is 32.2 Å². The molecule has 0 bridgehead atoms. The molecule has 0 saturated carbocycles. The molecular weight excluding hydrogens is 280 g/mol. The van der Waals surface area contributed by atoms with Gasteiger partial charge in [0.1, 0.15) is 11.6 Å². The van der Waals surface area contributed by atoms with E-state index in [0.717, 1.165) is 48.8 Å². The second-order valence-corrected chi connectivity index (χ2v) is 6.45. The van der Waals surface area contributed by atoms with Gasteiger partial charge >= 0.3 is 0 Å². The predicted molar refractivity (Wildman–Crippen MR) is 83.8 cm³/mol. The SMILES string of the molecule is Cc1nc(N[C@H]2C[C@H]3CO[C@@H](C)CN3C2)c2cnn(C)c2n1. The molecule has 0 amide bonds. The van der Waals surface area contributed by atoms with E-state index in [9.17, 15) is 0 Å². The fourth-order valence-corrected chi connectivity index (χ4v) is 3.58. The van der Waals surface area contributed by atoms with Gasteiger partial charge in [0.15, 0.2) is 5.65 Å². The Morgan fingerprint density at radius 1 is 1.32 bits per heavy atom. The van der Waals surface area contributed by atoms with Gasteiger partial charge in [0, 0.05) is 32.2 Å². The van der Waals surface area contributed by atoms with Crippen LogP contribution in [0.5, 0.6) is 0 Å². The quantitative estimate of drug-likeness (QED) is 0.891. The summed E-state index contributed by atoms with van der Waals surface area (Å²) >= 11 is 0. The van der Waals surface area contributed by atoms with Crippen LogP contribution in [0, 0.1) is 6.92 Å². The van der Waals surface area contributed by atoms with Gasteiger partial charge in [0.2, 0.25) is 0 Å². The zero-order valence-electron chi connectivity index (χ0n) is 13.3. The Morgan fingerprint density at radius 2 is 2.18 bits per heavy atom. The summed E-state index contributed by atoms with van der Waals surface area (Å²) in [6.07, 6.45) is 3.27. The summed E-state index contributed by atoms with van der Waals surface area (Å²) in [5.74, 6) is 1.67. The maximum Gasteiger partial charge on any atom is 0.163 e. The maximum atomic E-state index is 5.77. The third kappa shape index (κ3) is 2.34. The first-order valence-electron chi connectivity index (χ1n) is 7.88. The van der Waals surface area contributed by atoms with Crippen molar-refractivity contribution in [3.05, 3.63) is 12.0 Å². The van der Waals surface area contributed by atoms with Crippen molar-refractivity contribution >= 4 is 16.9 Å². The molecule has 7 heteroatoms. The standard InChI is InChI=1S/C15H22N6O/c1-9-6-21-7-11(4-12(21)8-22-9)19-14-13-5-16-20(3)15(13)18-10(2)17-14/h5,9,11-12H,4,6-8H2,1-3H3,(H,17,18,19)/t9-,11-,12-/m0/s1. The van der Waals surface area contributed by atoms with Crippen LogP contribution in [-0.4, -0.2) is 62.5 Å². The average molecular weight is 302 g/mol. The van der Waals surface area contributed by atoms with Crippen LogP contribution in [0.15, 0.2) is 6.20 Å². The van der Waals surface area contributed by atoms with Gasteiger partial charge in [-0.25, -0.2) is 9.97 Å². The summed E-state index contributed by atoms with van der Waals surface area (Å²) in [7, 11) is 1.91. The molecule has 2 aliphatic heterocycles. The van der Waals surface area contributed by atoms with Gasteiger partial charge in [-0.1, -0.05) is 0 Å². The molecule has 0 unspecified atom stereocenters. The van der Waals surface area contributed by atoms with E-state index >= 15 is 0 Å². The zero-order valence-corrected chi connectivity index (χ0v) is 13.3. The van der Waals surface area contributed by atoms with Crippen LogP contribution in [0.4, 0.5) is 5.82 Å². The number of rotatable bonds is 2. The average Bonchev–Trinajstić information content (AvgIpc) is 3.02. The second-order valence-electron chi connectivity index (χ2n) is 6.45. The van der Waals surface area contributed by atoms with E-state index in [-0.39, 0.29) is 0 Å². The molecule has 0 radical (unpaired) electrons. The van der Waals surface area contributed by atoms with Crippen molar-refractivity contribution in [2.45, 2.75) is 38.5 Å². The molecule has 2 fully saturated rings. The third-order valence-corrected chi connectivity index (χ3v) is 4.64. The molecule has 1 N–H and O–H groups in total. The first kappa shape index (κ1) is 13.9. The lowest BCUT2D eigenvalue weighted by Gasteiger charge is -2.33. The number of hydrogen-bond acceptors (Lipinski definition) is 6. The first-order chi connectivity index (χ1) is 10.6. The monoisotopic (exact) mass is 302 g/mol. The van der Waals surface area contributed by atoms with E-state index in [1.165, 1.54) is 0 Å². The molecule has 2 saturated heterocycles. The smallest absolute Gasteiger partial charge is 0.163 e. The minimum absolute atomic E-state index is 0.335. The number of fused-ring (bicyclic) bond motifs is 2. The van der Waals surface area contributed by atoms with Gasteiger partial charge < -0.3 is 10.1 Å². The molecule has 22 heavy (non-hydrogen) atoms. The highest BCUT2D eigenvalue weighted by atomic mass is 16.5. The van der Waals surface area contributed by atoms with Crippen molar-refractivity contribution in [3.8, 4) is 0 Å². The van der Waals surface area contributed by atoms with Gasteiger partial charge in [-0.05, 0) is 20.3 Å². The molecule has 7 nitrogen and oxygen atoms in total. The molecule has 4 rings (SSSR count). The Kier molecular flexibility index (Phi) is 3.27. The number of aromatic nitrogens is 4. The van der Waals surface area contributed by atoms with Crippen LogP contribution in [-0.2, 0) is 11.8 Å². The predicted octanol–water partition coefficient (Wildman–Crippen LogP) is 0.945. The summed E-state index contributed by atoms with van der Waals surface area (Å²) in [4.78, 5) is 11.6. The molecule has 2 aromatic rings. The van der Waals surface area contributed by atoms with E-state index < -0.39 is 0 Å². The summed E-state index contributed by atoms with van der Waals surface area (Å²) in [5, 5.41) is 8.89. The lowest BCUT2D eigenvalue weighted by atomic mass is 10.1. The maximum absolute atomic E-state index is 5.77. The van der Waals surface area contributed by atoms with E-state index in [1.807, 2.05) is 20.2 Å². The van der Waals surface area contributed by atoms with Crippen LogP contribution < -0.4 is 5.32 Å². The number of anilines is 1. The topological polar surface area (TPSA) is 68.1 Å². The lowest BCUT2D eigenvalue weighted by Crippen LogP contribution is -2.45. The number of morpholine rings is 1.